The normalized spacial score (nSPS) is 17.1. The molecule has 0 bridgehead atoms. The van der Waals surface area contributed by atoms with Crippen LogP contribution in [-0.2, 0) is 12.1 Å². The van der Waals surface area contributed by atoms with Gasteiger partial charge in [-0.15, -0.1) is 0 Å². The molecule has 1 amide bonds. The second-order valence-electron chi connectivity index (χ2n) is 7.77. The number of pyridine rings is 1. The molecular weight excluding hydrogens is 368 g/mol. The lowest BCUT2D eigenvalue weighted by Crippen LogP contribution is -2.31. The zero-order valence-corrected chi connectivity index (χ0v) is 15.8. The summed E-state index contributed by atoms with van der Waals surface area (Å²) >= 11 is 0. The number of hydrogen-bond acceptors (Lipinski definition) is 5. The number of amides is 1. The van der Waals surface area contributed by atoms with E-state index in [-0.39, 0.29) is 17.0 Å². The fourth-order valence-electron chi connectivity index (χ4n) is 4.62. The summed E-state index contributed by atoms with van der Waals surface area (Å²) in [5.41, 5.74) is 2.47. The molecule has 1 saturated carbocycles. The first-order chi connectivity index (χ1) is 14.1. The van der Waals surface area contributed by atoms with E-state index in [2.05, 4.69) is 21.7 Å². The number of nitriles is 1. The number of aromatic nitrogens is 3. The number of H-pyrrole nitrogens is 1. The topological polar surface area (TPSA) is 116 Å². The summed E-state index contributed by atoms with van der Waals surface area (Å²) in [4.78, 5) is 27.2. The largest absolute Gasteiger partial charge is 0.348 e. The maximum Gasteiger partial charge on any atom is 0.261 e. The minimum absolute atomic E-state index is 0.0719. The van der Waals surface area contributed by atoms with Gasteiger partial charge < -0.3 is 15.6 Å². The molecule has 146 valence electrons. The first-order valence-electron chi connectivity index (χ1n) is 9.77. The number of nitrogens with zero attached hydrogens (tertiary/aromatic N) is 3. The van der Waals surface area contributed by atoms with Crippen molar-refractivity contribution in [2.24, 2.45) is 0 Å². The maximum absolute atomic E-state index is 12.6. The summed E-state index contributed by atoms with van der Waals surface area (Å²) in [7, 11) is 0. The average molecular weight is 388 g/mol. The Morgan fingerprint density at radius 2 is 2.07 bits per heavy atom. The van der Waals surface area contributed by atoms with E-state index in [0.717, 1.165) is 42.5 Å². The summed E-state index contributed by atoms with van der Waals surface area (Å²) in [6.45, 7) is 0.491. The highest BCUT2D eigenvalue weighted by atomic mass is 16.2. The molecule has 0 spiro atoms. The Labute approximate surface area is 166 Å². The Kier molecular flexibility index (Phi) is 3.91. The highest BCUT2D eigenvalue weighted by Crippen LogP contribution is 2.41. The SMILES string of the molecule is N#CCC1(n2nc(Nc3ccc4c(c3)CNC4=O)c3c(=O)[nH]ccc32)CCCC1. The van der Waals surface area contributed by atoms with E-state index in [0.29, 0.717) is 29.7 Å². The van der Waals surface area contributed by atoms with Gasteiger partial charge in [-0.3, -0.25) is 14.3 Å². The monoisotopic (exact) mass is 388 g/mol. The molecule has 1 fully saturated rings. The minimum Gasteiger partial charge on any atom is -0.348 e. The number of hydrogen-bond donors (Lipinski definition) is 3. The molecule has 8 heteroatoms. The quantitative estimate of drug-likeness (QED) is 0.636. The molecule has 1 aromatic carbocycles. The predicted molar refractivity (Wildman–Crippen MR) is 108 cm³/mol. The van der Waals surface area contributed by atoms with Crippen LogP contribution in [0.3, 0.4) is 0 Å². The summed E-state index contributed by atoms with van der Waals surface area (Å²) in [5.74, 6) is 0.390. The van der Waals surface area contributed by atoms with Crippen molar-refractivity contribution in [1.82, 2.24) is 20.1 Å². The molecule has 2 aromatic heterocycles. The van der Waals surface area contributed by atoms with Crippen molar-refractivity contribution in [2.45, 2.75) is 44.2 Å². The van der Waals surface area contributed by atoms with Crippen molar-refractivity contribution in [3.8, 4) is 6.07 Å². The Bertz CT molecular complexity index is 1230. The number of carbonyl (C=O) groups is 1. The highest BCUT2D eigenvalue weighted by molar-refractivity contribution is 5.99. The third kappa shape index (κ3) is 2.70. The standard InChI is InChI=1S/C21H20N6O2/c22-9-8-21(6-1-2-7-21)27-16-5-10-23-20(29)17(16)18(26-27)25-14-3-4-15-13(11-14)12-24-19(15)28/h3-5,10-11H,1-2,6-8,12H2,(H,23,29)(H,24,28)(H,25,26). The predicted octanol–water partition coefficient (Wildman–Crippen LogP) is 2.89. The highest BCUT2D eigenvalue weighted by Gasteiger charge is 2.38. The van der Waals surface area contributed by atoms with Crippen LogP contribution >= 0.6 is 0 Å². The van der Waals surface area contributed by atoms with Crippen LogP contribution in [0.2, 0.25) is 0 Å². The summed E-state index contributed by atoms with van der Waals surface area (Å²) < 4.78 is 1.88. The van der Waals surface area contributed by atoms with E-state index >= 15 is 0 Å². The zero-order chi connectivity index (χ0) is 20.0. The third-order valence-electron chi connectivity index (χ3n) is 6.05. The number of anilines is 2. The fourth-order valence-corrected chi connectivity index (χ4v) is 4.62. The van der Waals surface area contributed by atoms with Gasteiger partial charge in [0.1, 0.15) is 5.39 Å². The van der Waals surface area contributed by atoms with Crippen molar-refractivity contribution >= 4 is 28.3 Å². The van der Waals surface area contributed by atoms with E-state index < -0.39 is 0 Å². The van der Waals surface area contributed by atoms with Gasteiger partial charge in [-0.05, 0) is 42.7 Å². The van der Waals surface area contributed by atoms with Gasteiger partial charge in [0.05, 0.1) is 23.5 Å². The lowest BCUT2D eigenvalue weighted by atomic mass is 9.94. The van der Waals surface area contributed by atoms with Crippen molar-refractivity contribution < 1.29 is 4.79 Å². The van der Waals surface area contributed by atoms with Crippen molar-refractivity contribution in [3.63, 3.8) is 0 Å². The van der Waals surface area contributed by atoms with Crippen molar-refractivity contribution in [2.75, 3.05) is 5.32 Å². The van der Waals surface area contributed by atoms with Crippen LogP contribution < -0.4 is 16.2 Å². The molecule has 8 nitrogen and oxygen atoms in total. The number of rotatable bonds is 4. The molecule has 0 saturated heterocycles. The van der Waals surface area contributed by atoms with Crippen LogP contribution in [0, 0.1) is 11.3 Å². The second kappa shape index (κ2) is 6.48. The van der Waals surface area contributed by atoms with Crippen LogP contribution in [0.25, 0.3) is 10.9 Å². The van der Waals surface area contributed by atoms with Gasteiger partial charge in [-0.2, -0.15) is 10.4 Å². The molecular formula is C21H20N6O2. The number of aromatic amines is 1. The number of nitrogens with one attached hydrogen (secondary N) is 3. The van der Waals surface area contributed by atoms with Crippen molar-refractivity contribution in [1.29, 1.82) is 5.26 Å². The van der Waals surface area contributed by atoms with Crippen LogP contribution in [0.15, 0.2) is 35.3 Å². The fraction of sp³-hybridized carbons (Fsp3) is 0.333. The Hall–Kier alpha value is -3.60. The second-order valence-corrected chi connectivity index (χ2v) is 7.77. The van der Waals surface area contributed by atoms with Gasteiger partial charge in [0, 0.05) is 24.0 Å². The van der Waals surface area contributed by atoms with Crippen LogP contribution in [-0.4, -0.2) is 20.7 Å². The van der Waals surface area contributed by atoms with Crippen LogP contribution in [0.5, 0.6) is 0 Å². The van der Waals surface area contributed by atoms with Gasteiger partial charge in [0.25, 0.3) is 11.5 Å². The number of benzene rings is 1. The Morgan fingerprint density at radius 1 is 1.24 bits per heavy atom. The van der Waals surface area contributed by atoms with Gasteiger partial charge in [0.2, 0.25) is 0 Å². The van der Waals surface area contributed by atoms with E-state index in [1.165, 1.54) is 0 Å². The molecule has 0 atom stereocenters. The molecule has 3 N–H and O–H groups in total. The molecule has 2 aliphatic rings. The summed E-state index contributed by atoms with van der Waals surface area (Å²) in [6.07, 6.45) is 5.81. The molecule has 5 rings (SSSR count). The number of fused-ring (bicyclic) bond motifs is 2. The third-order valence-corrected chi connectivity index (χ3v) is 6.05. The van der Waals surface area contributed by atoms with Gasteiger partial charge in [-0.1, -0.05) is 12.8 Å². The summed E-state index contributed by atoms with van der Waals surface area (Å²) in [6, 6.07) is 9.64. The first-order valence-corrected chi connectivity index (χ1v) is 9.77. The summed E-state index contributed by atoms with van der Waals surface area (Å²) in [5, 5.41) is 20.7. The molecule has 1 aliphatic carbocycles. The lowest BCUT2D eigenvalue weighted by molar-refractivity contribution is 0.0966. The van der Waals surface area contributed by atoms with E-state index in [1.54, 1.807) is 12.3 Å². The maximum atomic E-state index is 12.6. The van der Waals surface area contributed by atoms with Crippen LogP contribution in [0.1, 0.15) is 48.0 Å². The zero-order valence-electron chi connectivity index (χ0n) is 15.8. The Balaban J connectivity index is 1.63. The molecule has 0 radical (unpaired) electrons. The Morgan fingerprint density at radius 3 is 2.86 bits per heavy atom. The lowest BCUT2D eigenvalue weighted by Gasteiger charge is -2.27. The average Bonchev–Trinajstić information content (AvgIpc) is 3.42. The van der Waals surface area contributed by atoms with Gasteiger partial charge in [0.15, 0.2) is 5.82 Å². The minimum atomic E-state index is -0.380. The molecule has 1 aliphatic heterocycles. The first kappa shape index (κ1) is 17.5. The van der Waals surface area contributed by atoms with Gasteiger partial charge >= 0.3 is 0 Å². The van der Waals surface area contributed by atoms with Crippen LogP contribution in [0.4, 0.5) is 11.5 Å². The smallest absolute Gasteiger partial charge is 0.261 e. The van der Waals surface area contributed by atoms with E-state index in [4.69, 9.17) is 5.10 Å². The molecule has 0 unspecified atom stereocenters. The number of carbonyl (C=O) groups excluding carboxylic acids is 1. The van der Waals surface area contributed by atoms with E-state index in [9.17, 15) is 14.9 Å². The van der Waals surface area contributed by atoms with Gasteiger partial charge in [-0.25, -0.2) is 0 Å². The van der Waals surface area contributed by atoms with E-state index in [1.807, 2.05) is 22.9 Å². The molecule has 29 heavy (non-hydrogen) atoms. The molecule has 3 aromatic rings. The van der Waals surface area contributed by atoms with Crippen molar-refractivity contribution in [3.05, 3.63) is 51.9 Å². The molecule has 3 heterocycles.